The molecule has 25 heavy (non-hydrogen) atoms. The minimum absolute atomic E-state index is 0.0125. The monoisotopic (exact) mass is 350 g/mol. The van der Waals surface area contributed by atoms with E-state index < -0.39 is 17.5 Å². The largest absolute Gasteiger partial charge is 0.339 e. The zero-order chi connectivity index (χ0) is 17.8. The van der Waals surface area contributed by atoms with Crippen molar-refractivity contribution in [3.05, 3.63) is 35.4 Å². The van der Waals surface area contributed by atoms with Gasteiger partial charge in [0.05, 0.1) is 0 Å². The van der Waals surface area contributed by atoms with Crippen LogP contribution in [0, 0.1) is 17.6 Å². The topological polar surface area (TPSA) is 40.6 Å². The molecule has 0 aromatic heterocycles. The van der Waals surface area contributed by atoms with Gasteiger partial charge in [0.2, 0.25) is 5.91 Å². The molecule has 3 rings (SSSR count). The predicted molar refractivity (Wildman–Crippen MR) is 90.0 cm³/mol. The van der Waals surface area contributed by atoms with Gasteiger partial charge in [0.1, 0.15) is 11.6 Å². The summed E-state index contributed by atoms with van der Waals surface area (Å²) >= 11 is 0. The molecule has 6 heteroatoms. The highest BCUT2D eigenvalue weighted by molar-refractivity contribution is 5.94. The van der Waals surface area contributed by atoms with Crippen LogP contribution >= 0.6 is 0 Å². The van der Waals surface area contributed by atoms with Crippen LogP contribution in [0.2, 0.25) is 0 Å². The van der Waals surface area contributed by atoms with Gasteiger partial charge >= 0.3 is 0 Å². The summed E-state index contributed by atoms with van der Waals surface area (Å²) in [7, 11) is 0. The van der Waals surface area contributed by atoms with Crippen molar-refractivity contribution in [3.63, 3.8) is 0 Å². The van der Waals surface area contributed by atoms with Crippen LogP contribution in [0.25, 0.3) is 0 Å². The van der Waals surface area contributed by atoms with Crippen LogP contribution in [-0.2, 0) is 4.79 Å². The second kappa shape index (κ2) is 7.93. The highest BCUT2D eigenvalue weighted by atomic mass is 19.1. The van der Waals surface area contributed by atoms with Gasteiger partial charge < -0.3 is 9.80 Å². The van der Waals surface area contributed by atoms with Crippen molar-refractivity contribution in [3.8, 4) is 0 Å². The number of hydrogen-bond donors (Lipinski definition) is 0. The summed E-state index contributed by atoms with van der Waals surface area (Å²) < 4.78 is 26.5. The van der Waals surface area contributed by atoms with Crippen molar-refractivity contribution in [1.82, 2.24) is 9.80 Å². The first kappa shape index (κ1) is 17.8. The summed E-state index contributed by atoms with van der Waals surface area (Å²) in [5.74, 6) is -1.07. The molecule has 1 aromatic rings. The van der Waals surface area contributed by atoms with Crippen molar-refractivity contribution in [2.75, 3.05) is 26.2 Å². The third-order valence-electron chi connectivity index (χ3n) is 5.27. The minimum Gasteiger partial charge on any atom is -0.339 e. The third kappa shape index (κ3) is 4.55. The molecule has 1 aliphatic heterocycles. The van der Waals surface area contributed by atoms with E-state index in [1.807, 2.05) is 0 Å². The molecule has 0 unspecified atom stereocenters. The maximum Gasteiger partial charge on any atom is 0.254 e. The lowest BCUT2D eigenvalue weighted by atomic mass is 10.0. The zero-order valence-corrected chi connectivity index (χ0v) is 14.3. The summed E-state index contributed by atoms with van der Waals surface area (Å²) in [6.07, 6.45) is 6.56. The van der Waals surface area contributed by atoms with Gasteiger partial charge in [0.15, 0.2) is 0 Å². The summed E-state index contributed by atoms with van der Waals surface area (Å²) in [5, 5.41) is 0. The van der Waals surface area contributed by atoms with Gasteiger partial charge in [-0.3, -0.25) is 9.59 Å². The summed E-state index contributed by atoms with van der Waals surface area (Å²) in [6, 6.07) is 2.84. The normalized spacial score (nSPS) is 18.6. The minimum atomic E-state index is -0.760. The highest BCUT2D eigenvalue weighted by Crippen LogP contribution is 2.28. The van der Waals surface area contributed by atoms with Crippen LogP contribution in [0.3, 0.4) is 0 Å². The number of halogens is 2. The second-order valence-corrected chi connectivity index (χ2v) is 7.02. The molecule has 2 amide bonds. The van der Waals surface area contributed by atoms with Crippen LogP contribution in [0.5, 0.6) is 0 Å². The number of carbonyl (C=O) groups excluding carboxylic acids is 2. The Balaban J connectivity index is 1.49. The first-order chi connectivity index (χ1) is 12.0. The number of amides is 2. The quantitative estimate of drug-likeness (QED) is 0.837. The van der Waals surface area contributed by atoms with Crippen molar-refractivity contribution in [2.24, 2.45) is 5.92 Å². The molecular formula is C19H24F2N2O2. The molecule has 1 saturated heterocycles. The van der Waals surface area contributed by atoms with Gasteiger partial charge in [0.25, 0.3) is 5.91 Å². The van der Waals surface area contributed by atoms with E-state index in [9.17, 15) is 18.4 Å². The lowest BCUT2D eigenvalue weighted by molar-refractivity contribution is -0.133. The molecule has 1 heterocycles. The van der Waals surface area contributed by atoms with E-state index in [1.54, 1.807) is 9.80 Å². The number of piperazine rings is 1. The first-order valence-corrected chi connectivity index (χ1v) is 9.06. The first-order valence-electron chi connectivity index (χ1n) is 9.06. The van der Waals surface area contributed by atoms with Gasteiger partial charge in [-0.25, -0.2) is 8.78 Å². The third-order valence-corrected chi connectivity index (χ3v) is 5.27. The van der Waals surface area contributed by atoms with Gasteiger partial charge in [-0.05, 0) is 24.5 Å². The molecule has 0 spiro atoms. The number of nitrogens with zero attached hydrogens (tertiary/aromatic N) is 2. The fourth-order valence-electron chi connectivity index (χ4n) is 3.80. The molecule has 4 nitrogen and oxygen atoms in total. The van der Waals surface area contributed by atoms with E-state index in [-0.39, 0.29) is 11.5 Å². The SMILES string of the molecule is O=C(CCC1CCCC1)N1CCN(C(=O)c2cc(F)cc(F)c2)CC1. The van der Waals surface area contributed by atoms with Gasteiger partial charge in [0, 0.05) is 44.2 Å². The van der Waals surface area contributed by atoms with Crippen molar-refractivity contribution in [1.29, 1.82) is 0 Å². The van der Waals surface area contributed by atoms with E-state index in [0.717, 1.165) is 24.6 Å². The maximum atomic E-state index is 13.3. The van der Waals surface area contributed by atoms with Crippen LogP contribution in [0.15, 0.2) is 18.2 Å². The maximum absolute atomic E-state index is 13.3. The molecule has 0 atom stereocenters. The van der Waals surface area contributed by atoms with Crippen LogP contribution in [0.4, 0.5) is 8.78 Å². The average molecular weight is 350 g/mol. The smallest absolute Gasteiger partial charge is 0.254 e. The molecule has 1 saturated carbocycles. The van der Waals surface area contributed by atoms with Crippen LogP contribution in [0.1, 0.15) is 48.9 Å². The number of benzene rings is 1. The predicted octanol–water partition coefficient (Wildman–Crippen LogP) is 3.22. The molecule has 0 bridgehead atoms. The highest BCUT2D eigenvalue weighted by Gasteiger charge is 2.26. The van der Waals surface area contributed by atoms with Crippen molar-refractivity contribution in [2.45, 2.75) is 38.5 Å². The van der Waals surface area contributed by atoms with Crippen LogP contribution in [-0.4, -0.2) is 47.8 Å². The van der Waals surface area contributed by atoms with E-state index in [0.29, 0.717) is 38.5 Å². The van der Waals surface area contributed by atoms with Crippen molar-refractivity contribution >= 4 is 11.8 Å². The van der Waals surface area contributed by atoms with Gasteiger partial charge in [-0.15, -0.1) is 0 Å². The number of carbonyl (C=O) groups is 2. The Morgan fingerprint density at radius 1 is 0.920 bits per heavy atom. The molecule has 2 fully saturated rings. The second-order valence-electron chi connectivity index (χ2n) is 7.02. The molecule has 1 aliphatic carbocycles. The lowest BCUT2D eigenvalue weighted by Gasteiger charge is -2.35. The Hall–Kier alpha value is -1.98. The average Bonchev–Trinajstić information content (AvgIpc) is 3.12. The standard InChI is InChI=1S/C19H24F2N2O2/c20-16-11-15(12-17(21)13-16)19(25)23-9-7-22(8-10-23)18(24)6-5-14-3-1-2-4-14/h11-14H,1-10H2. The zero-order valence-electron chi connectivity index (χ0n) is 14.3. The fraction of sp³-hybridized carbons (Fsp3) is 0.579. The van der Waals surface area contributed by atoms with E-state index in [4.69, 9.17) is 0 Å². The Morgan fingerprint density at radius 3 is 2.08 bits per heavy atom. The Bertz CT molecular complexity index is 616. The summed E-state index contributed by atoms with van der Waals surface area (Å²) in [5.41, 5.74) is 0.0125. The summed E-state index contributed by atoms with van der Waals surface area (Å²) in [6.45, 7) is 1.75. The number of rotatable bonds is 4. The summed E-state index contributed by atoms with van der Waals surface area (Å²) in [4.78, 5) is 28.0. The van der Waals surface area contributed by atoms with Crippen LogP contribution < -0.4 is 0 Å². The van der Waals surface area contributed by atoms with E-state index in [1.165, 1.54) is 25.7 Å². The Kier molecular flexibility index (Phi) is 5.66. The molecule has 0 radical (unpaired) electrons. The lowest BCUT2D eigenvalue weighted by Crippen LogP contribution is -2.50. The van der Waals surface area contributed by atoms with Gasteiger partial charge in [-0.1, -0.05) is 25.7 Å². The van der Waals surface area contributed by atoms with Gasteiger partial charge in [-0.2, -0.15) is 0 Å². The Morgan fingerprint density at radius 2 is 1.48 bits per heavy atom. The molecular weight excluding hydrogens is 326 g/mol. The molecule has 1 aromatic carbocycles. The molecule has 2 aliphatic rings. The van der Waals surface area contributed by atoms with E-state index in [2.05, 4.69) is 0 Å². The fourth-order valence-corrected chi connectivity index (χ4v) is 3.80. The van der Waals surface area contributed by atoms with Crippen molar-refractivity contribution < 1.29 is 18.4 Å². The Labute approximate surface area is 146 Å². The molecule has 0 N–H and O–H groups in total. The molecule has 136 valence electrons. The number of hydrogen-bond acceptors (Lipinski definition) is 2. The van der Waals surface area contributed by atoms with E-state index >= 15 is 0 Å².